The Labute approximate surface area is 139 Å². The number of alkyl halides is 3. The van der Waals surface area contributed by atoms with E-state index in [4.69, 9.17) is 4.52 Å². The minimum atomic E-state index is -4.42. The van der Waals surface area contributed by atoms with E-state index in [0.717, 1.165) is 12.1 Å². The average Bonchev–Trinajstić information content (AvgIpc) is 2.99. The Hall–Kier alpha value is -3.23. The summed E-state index contributed by atoms with van der Waals surface area (Å²) in [6.07, 6.45) is -1.81. The van der Waals surface area contributed by atoms with Gasteiger partial charge in [-0.1, -0.05) is 17.3 Å². The van der Waals surface area contributed by atoms with Crippen LogP contribution in [0.4, 0.5) is 19.1 Å². The molecule has 25 heavy (non-hydrogen) atoms. The topological polar surface area (TPSA) is 80.9 Å². The molecule has 0 spiro atoms. The Kier molecular flexibility index (Phi) is 4.22. The summed E-state index contributed by atoms with van der Waals surface area (Å²) in [7, 11) is 0. The van der Waals surface area contributed by atoms with Crippen molar-refractivity contribution in [3.8, 4) is 11.3 Å². The van der Waals surface area contributed by atoms with Crippen LogP contribution in [0.2, 0.25) is 0 Å². The Morgan fingerprint density at radius 1 is 1.16 bits per heavy atom. The van der Waals surface area contributed by atoms with Crippen molar-refractivity contribution in [3.05, 3.63) is 59.7 Å². The van der Waals surface area contributed by atoms with Crippen LogP contribution in [-0.2, 0) is 6.18 Å². The number of carbonyl (C=O) groups is 1. The zero-order chi connectivity index (χ0) is 18.0. The Morgan fingerprint density at radius 3 is 2.48 bits per heavy atom. The van der Waals surface area contributed by atoms with Gasteiger partial charge in [0.25, 0.3) is 5.91 Å². The largest absolute Gasteiger partial charge is 0.416 e. The smallest absolute Gasteiger partial charge is 0.338 e. The molecule has 9 heteroatoms. The third-order valence-corrected chi connectivity index (χ3v) is 3.24. The van der Waals surface area contributed by atoms with E-state index in [1.54, 1.807) is 6.92 Å². The number of halogens is 3. The predicted molar refractivity (Wildman–Crippen MR) is 81.7 cm³/mol. The van der Waals surface area contributed by atoms with Crippen LogP contribution in [0.25, 0.3) is 11.3 Å². The number of aryl methyl sites for hydroxylation is 1. The highest BCUT2D eigenvalue weighted by Crippen LogP contribution is 2.30. The van der Waals surface area contributed by atoms with Crippen LogP contribution in [0.5, 0.6) is 0 Å². The van der Waals surface area contributed by atoms with Crippen molar-refractivity contribution in [2.45, 2.75) is 13.1 Å². The highest BCUT2D eigenvalue weighted by atomic mass is 19.4. The number of carbonyl (C=O) groups excluding carboxylic acids is 1. The van der Waals surface area contributed by atoms with E-state index < -0.39 is 17.6 Å². The molecular formula is C16H11F3N4O2. The van der Waals surface area contributed by atoms with Gasteiger partial charge in [0.05, 0.1) is 29.3 Å². The van der Waals surface area contributed by atoms with Crippen molar-refractivity contribution in [2.24, 2.45) is 0 Å². The number of hydrogen-bond donors (Lipinski definition) is 1. The van der Waals surface area contributed by atoms with Crippen molar-refractivity contribution >= 4 is 11.8 Å². The molecule has 1 aromatic carbocycles. The average molecular weight is 348 g/mol. The summed E-state index contributed by atoms with van der Waals surface area (Å²) in [5, 5.41) is 6.11. The highest BCUT2D eigenvalue weighted by molar-refractivity contribution is 6.02. The Bertz CT molecular complexity index is 904. The molecule has 2 heterocycles. The molecule has 1 N–H and O–H groups in total. The maximum absolute atomic E-state index is 12.6. The van der Waals surface area contributed by atoms with Crippen molar-refractivity contribution in [1.29, 1.82) is 0 Å². The normalized spacial score (nSPS) is 11.4. The van der Waals surface area contributed by atoms with Gasteiger partial charge >= 0.3 is 6.18 Å². The quantitative estimate of drug-likeness (QED) is 0.780. The number of amides is 1. The molecule has 3 aromatic rings. The van der Waals surface area contributed by atoms with Gasteiger partial charge in [-0.25, -0.2) is 4.98 Å². The number of hydrogen-bond acceptors (Lipinski definition) is 5. The molecule has 0 aliphatic rings. The second-order valence-corrected chi connectivity index (χ2v) is 5.15. The third kappa shape index (κ3) is 3.82. The zero-order valence-corrected chi connectivity index (χ0v) is 12.8. The first-order valence-electron chi connectivity index (χ1n) is 7.07. The SMILES string of the molecule is Cc1cc(NC(=O)c2cncc(-c3ccc(C(F)(F)F)cc3)n2)on1. The third-order valence-electron chi connectivity index (χ3n) is 3.24. The van der Waals surface area contributed by atoms with E-state index in [1.165, 1.54) is 30.6 Å². The molecule has 0 aliphatic heterocycles. The monoisotopic (exact) mass is 348 g/mol. The summed E-state index contributed by atoms with van der Waals surface area (Å²) in [5.41, 5.74) is 0.505. The van der Waals surface area contributed by atoms with Crippen molar-refractivity contribution in [3.63, 3.8) is 0 Å². The maximum Gasteiger partial charge on any atom is 0.416 e. The molecule has 2 aromatic heterocycles. The van der Waals surface area contributed by atoms with E-state index in [1.807, 2.05) is 0 Å². The van der Waals surface area contributed by atoms with E-state index in [2.05, 4.69) is 20.4 Å². The number of rotatable bonds is 3. The number of benzene rings is 1. The van der Waals surface area contributed by atoms with Gasteiger partial charge in [-0.05, 0) is 19.1 Å². The van der Waals surface area contributed by atoms with Crippen molar-refractivity contribution < 1.29 is 22.5 Å². The van der Waals surface area contributed by atoms with Crippen LogP contribution in [-0.4, -0.2) is 21.0 Å². The molecule has 0 radical (unpaired) electrons. The zero-order valence-electron chi connectivity index (χ0n) is 12.8. The van der Waals surface area contributed by atoms with Gasteiger partial charge in [0.2, 0.25) is 5.88 Å². The van der Waals surface area contributed by atoms with Gasteiger partial charge < -0.3 is 4.52 Å². The standard InChI is InChI=1S/C16H11F3N4O2/c1-9-6-14(25-23-9)22-15(24)13-8-20-7-12(21-13)10-2-4-11(5-3-10)16(17,18)19/h2-8H,1H3,(H,22,24). The summed E-state index contributed by atoms with van der Waals surface area (Å²) in [6.45, 7) is 1.70. The van der Waals surface area contributed by atoms with Crippen molar-refractivity contribution in [1.82, 2.24) is 15.1 Å². The van der Waals surface area contributed by atoms with Crippen LogP contribution in [0.15, 0.2) is 47.2 Å². The van der Waals surface area contributed by atoms with Crippen LogP contribution in [0.1, 0.15) is 21.7 Å². The molecule has 6 nitrogen and oxygen atoms in total. The second-order valence-electron chi connectivity index (χ2n) is 5.15. The Morgan fingerprint density at radius 2 is 1.88 bits per heavy atom. The molecule has 1 amide bonds. The number of nitrogens with zero attached hydrogens (tertiary/aromatic N) is 3. The first-order valence-corrected chi connectivity index (χ1v) is 7.07. The summed E-state index contributed by atoms with van der Waals surface area (Å²) in [5.74, 6) is -0.415. The van der Waals surface area contributed by atoms with Crippen LogP contribution >= 0.6 is 0 Å². The van der Waals surface area contributed by atoms with Gasteiger partial charge in [0.15, 0.2) is 0 Å². The summed E-state index contributed by atoms with van der Waals surface area (Å²) in [6, 6.07) is 5.97. The van der Waals surface area contributed by atoms with Crippen LogP contribution in [0.3, 0.4) is 0 Å². The second kappa shape index (κ2) is 6.34. The lowest BCUT2D eigenvalue weighted by atomic mass is 10.1. The molecule has 0 bridgehead atoms. The van der Waals surface area contributed by atoms with E-state index >= 15 is 0 Å². The lowest BCUT2D eigenvalue weighted by Gasteiger charge is -2.08. The van der Waals surface area contributed by atoms with Gasteiger partial charge in [0, 0.05) is 11.6 Å². The van der Waals surface area contributed by atoms with Crippen LogP contribution < -0.4 is 5.32 Å². The van der Waals surface area contributed by atoms with Crippen molar-refractivity contribution in [2.75, 3.05) is 5.32 Å². The lowest BCUT2D eigenvalue weighted by Crippen LogP contribution is -2.14. The van der Waals surface area contributed by atoms with E-state index in [0.29, 0.717) is 11.3 Å². The molecule has 128 valence electrons. The summed E-state index contributed by atoms with van der Waals surface area (Å²) >= 11 is 0. The molecular weight excluding hydrogens is 337 g/mol. The maximum atomic E-state index is 12.6. The fourth-order valence-electron chi connectivity index (χ4n) is 2.04. The van der Waals surface area contributed by atoms with Gasteiger partial charge in [-0.15, -0.1) is 0 Å². The molecule has 0 saturated heterocycles. The van der Waals surface area contributed by atoms with Gasteiger partial charge in [0.1, 0.15) is 5.69 Å². The van der Waals surface area contributed by atoms with Gasteiger partial charge in [-0.2, -0.15) is 13.2 Å². The molecule has 0 saturated carbocycles. The molecule has 0 atom stereocenters. The Balaban J connectivity index is 1.82. The molecule has 0 fully saturated rings. The minimum absolute atomic E-state index is 0.00792. The minimum Gasteiger partial charge on any atom is -0.338 e. The van der Waals surface area contributed by atoms with E-state index in [9.17, 15) is 18.0 Å². The number of nitrogens with one attached hydrogen (secondary N) is 1. The van der Waals surface area contributed by atoms with Gasteiger partial charge in [-0.3, -0.25) is 15.1 Å². The fraction of sp³-hybridized carbons (Fsp3) is 0.125. The first kappa shape index (κ1) is 16.6. The van der Waals surface area contributed by atoms with E-state index in [-0.39, 0.29) is 17.3 Å². The molecule has 0 unspecified atom stereocenters. The predicted octanol–water partition coefficient (Wildman–Crippen LogP) is 3.71. The highest BCUT2D eigenvalue weighted by Gasteiger charge is 2.30. The fourth-order valence-corrected chi connectivity index (χ4v) is 2.04. The summed E-state index contributed by atoms with van der Waals surface area (Å²) in [4.78, 5) is 20.2. The summed E-state index contributed by atoms with van der Waals surface area (Å²) < 4.78 is 42.7. The number of aromatic nitrogens is 3. The van der Waals surface area contributed by atoms with Crippen LogP contribution in [0, 0.1) is 6.92 Å². The molecule has 3 rings (SSSR count). The number of anilines is 1. The first-order chi connectivity index (χ1) is 11.8. The molecule has 0 aliphatic carbocycles. The lowest BCUT2D eigenvalue weighted by molar-refractivity contribution is -0.137.